The van der Waals surface area contributed by atoms with Crippen LogP contribution >= 0.6 is 0 Å². The van der Waals surface area contributed by atoms with E-state index in [1.165, 1.54) is 0 Å². The van der Waals surface area contributed by atoms with Crippen LogP contribution in [0, 0.1) is 17.2 Å². The van der Waals surface area contributed by atoms with Crippen molar-refractivity contribution in [1.29, 1.82) is 5.26 Å². The Kier molecular flexibility index (Phi) is 3.07. The molecule has 2 saturated carbocycles. The Balaban J connectivity index is 1.60. The minimum Gasteiger partial charge on any atom is -0.348 e. The highest BCUT2D eigenvalue weighted by atomic mass is 16.1. The molecule has 0 saturated heterocycles. The molecular formula is C16H17N5O. The van der Waals surface area contributed by atoms with E-state index >= 15 is 0 Å². The van der Waals surface area contributed by atoms with Gasteiger partial charge in [0.25, 0.3) is 5.91 Å². The molecule has 0 aliphatic heterocycles. The van der Waals surface area contributed by atoms with E-state index in [0.717, 1.165) is 31.4 Å². The minimum absolute atomic E-state index is 0.0537. The van der Waals surface area contributed by atoms with Crippen molar-refractivity contribution in [3.05, 3.63) is 23.7 Å². The number of nitrogens with one attached hydrogen (secondary N) is 2. The first-order valence-corrected chi connectivity index (χ1v) is 7.78. The Morgan fingerprint density at radius 3 is 2.95 bits per heavy atom. The van der Waals surface area contributed by atoms with Gasteiger partial charge in [0.15, 0.2) is 5.65 Å². The monoisotopic (exact) mass is 295 g/mol. The zero-order valence-electron chi connectivity index (χ0n) is 12.2. The fourth-order valence-corrected chi connectivity index (χ4v) is 2.83. The van der Waals surface area contributed by atoms with Crippen LogP contribution in [0.25, 0.3) is 11.2 Å². The van der Waals surface area contributed by atoms with Gasteiger partial charge in [-0.1, -0.05) is 0 Å². The highest BCUT2D eigenvalue weighted by Gasteiger charge is 2.33. The van der Waals surface area contributed by atoms with E-state index < -0.39 is 0 Å². The number of carbonyl (C=O) groups excluding carboxylic acids is 1. The molecule has 2 aliphatic rings. The second-order valence-corrected chi connectivity index (χ2v) is 6.25. The average Bonchev–Trinajstić information content (AvgIpc) is 3.42. The van der Waals surface area contributed by atoms with Crippen molar-refractivity contribution >= 4 is 17.1 Å². The number of carbonyl (C=O) groups is 1. The van der Waals surface area contributed by atoms with Gasteiger partial charge in [0, 0.05) is 18.2 Å². The molecule has 0 bridgehead atoms. The Bertz CT molecular complexity index is 766. The van der Waals surface area contributed by atoms with Crippen molar-refractivity contribution in [1.82, 2.24) is 20.3 Å². The van der Waals surface area contributed by atoms with Crippen LogP contribution in [-0.4, -0.2) is 26.9 Å². The summed E-state index contributed by atoms with van der Waals surface area (Å²) in [5.74, 6) is 0.781. The predicted molar refractivity (Wildman–Crippen MR) is 80.1 cm³/mol. The topological polar surface area (TPSA) is 94.5 Å². The number of aromatic nitrogens is 3. The second kappa shape index (κ2) is 5.09. The minimum atomic E-state index is -0.166. The van der Waals surface area contributed by atoms with E-state index in [9.17, 15) is 4.79 Å². The number of hydrogen-bond donors (Lipinski definition) is 2. The van der Waals surface area contributed by atoms with Crippen LogP contribution in [0.3, 0.4) is 0 Å². The Hall–Kier alpha value is -2.42. The van der Waals surface area contributed by atoms with Crippen LogP contribution in [0.4, 0.5) is 0 Å². The molecule has 112 valence electrons. The summed E-state index contributed by atoms with van der Waals surface area (Å²) in [6, 6.07) is 2.11. The Morgan fingerprint density at radius 1 is 1.45 bits per heavy atom. The van der Waals surface area contributed by atoms with Crippen molar-refractivity contribution in [2.45, 2.75) is 44.1 Å². The summed E-state index contributed by atoms with van der Waals surface area (Å²) in [6.07, 6.45) is 8.29. The van der Waals surface area contributed by atoms with Gasteiger partial charge >= 0.3 is 0 Å². The number of nitrogens with zero attached hydrogens (tertiary/aromatic N) is 3. The third-order valence-corrected chi connectivity index (χ3v) is 4.46. The van der Waals surface area contributed by atoms with Crippen molar-refractivity contribution in [3.63, 3.8) is 0 Å². The zero-order valence-corrected chi connectivity index (χ0v) is 12.2. The molecule has 2 aliphatic carbocycles. The molecule has 22 heavy (non-hydrogen) atoms. The highest BCUT2D eigenvalue weighted by Crippen LogP contribution is 2.39. The maximum Gasteiger partial charge on any atom is 0.255 e. The lowest BCUT2D eigenvalue weighted by molar-refractivity contribution is 0.0934. The normalized spacial score (nSPS) is 18.9. The van der Waals surface area contributed by atoms with Gasteiger partial charge in [-0.05, 0) is 31.6 Å². The molecule has 6 heteroatoms. The van der Waals surface area contributed by atoms with E-state index in [1.54, 1.807) is 12.4 Å². The fourth-order valence-electron chi connectivity index (χ4n) is 2.83. The predicted octanol–water partition coefficient (Wildman–Crippen LogP) is 2.26. The lowest BCUT2D eigenvalue weighted by Gasteiger charge is -2.14. The van der Waals surface area contributed by atoms with Gasteiger partial charge in [-0.25, -0.2) is 9.97 Å². The van der Waals surface area contributed by atoms with Crippen molar-refractivity contribution < 1.29 is 4.79 Å². The maximum atomic E-state index is 12.5. The van der Waals surface area contributed by atoms with Gasteiger partial charge in [-0.3, -0.25) is 4.79 Å². The van der Waals surface area contributed by atoms with Crippen molar-refractivity contribution in [3.8, 4) is 6.07 Å². The SMILES string of the molecule is N#CC[C@@H](NC(=O)c1c[nH]c2ncc(C3CC3)nc12)C1CC1. The summed E-state index contributed by atoms with van der Waals surface area (Å²) in [4.78, 5) is 24.5. The molecule has 0 unspecified atom stereocenters. The van der Waals surface area contributed by atoms with Crippen molar-refractivity contribution in [2.24, 2.45) is 5.92 Å². The number of amides is 1. The van der Waals surface area contributed by atoms with Crippen LogP contribution in [-0.2, 0) is 0 Å². The summed E-state index contributed by atoms with van der Waals surface area (Å²) in [5.41, 5.74) is 2.76. The molecule has 1 amide bonds. The Morgan fingerprint density at radius 2 is 2.27 bits per heavy atom. The van der Waals surface area contributed by atoms with Gasteiger partial charge in [0.1, 0.15) is 5.52 Å². The van der Waals surface area contributed by atoms with Crippen LogP contribution in [0.5, 0.6) is 0 Å². The molecule has 6 nitrogen and oxygen atoms in total. The lowest BCUT2D eigenvalue weighted by Crippen LogP contribution is -2.36. The summed E-state index contributed by atoms with van der Waals surface area (Å²) >= 11 is 0. The number of H-pyrrole nitrogens is 1. The van der Waals surface area contributed by atoms with Gasteiger partial charge < -0.3 is 10.3 Å². The first-order valence-electron chi connectivity index (χ1n) is 7.78. The van der Waals surface area contributed by atoms with Gasteiger partial charge in [0.05, 0.1) is 29.9 Å². The molecule has 0 aromatic carbocycles. The first kappa shape index (κ1) is 13.3. The molecule has 1 atom stereocenters. The number of aromatic amines is 1. The number of rotatable bonds is 5. The Labute approximate surface area is 128 Å². The van der Waals surface area contributed by atoms with Crippen LogP contribution in [0.1, 0.15) is 54.1 Å². The van der Waals surface area contributed by atoms with Gasteiger partial charge in [0.2, 0.25) is 0 Å². The molecule has 0 radical (unpaired) electrons. The molecule has 4 rings (SSSR count). The van der Waals surface area contributed by atoms with Crippen LogP contribution < -0.4 is 5.32 Å². The zero-order chi connectivity index (χ0) is 15.1. The average molecular weight is 295 g/mol. The number of fused-ring (bicyclic) bond motifs is 1. The summed E-state index contributed by atoms with van der Waals surface area (Å²) < 4.78 is 0. The largest absolute Gasteiger partial charge is 0.348 e. The molecule has 0 spiro atoms. The molecule has 2 fully saturated rings. The molecule has 2 N–H and O–H groups in total. The number of hydrogen-bond acceptors (Lipinski definition) is 4. The summed E-state index contributed by atoms with van der Waals surface area (Å²) in [7, 11) is 0. The third kappa shape index (κ3) is 2.43. The standard InChI is InChI=1S/C16H17N5O/c17-6-5-12(9-1-2-9)21-16(22)11-7-18-15-14(11)20-13(8-19-15)10-3-4-10/h7-10,12H,1-5H2,(H,18,19)(H,21,22)/t12-/m1/s1. The summed E-state index contributed by atoms with van der Waals surface area (Å²) in [6.45, 7) is 0. The van der Waals surface area contributed by atoms with E-state index in [2.05, 4.69) is 26.3 Å². The maximum absolute atomic E-state index is 12.5. The lowest BCUT2D eigenvalue weighted by atomic mass is 10.1. The number of nitriles is 1. The van der Waals surface area contributed by atoms with Crippen LogP contribution in [0.15, 0.2) is 12.4 Å². The third-order valence-electron chi connectivity index (χ3n) is 4.46. The van der Waals surface area contributed by atoms with E-state index in [-0.39, 0.29) is 11.9 Å². The second-order valence-electron chi connectivity index (χ2n) is 6.25. The summed E-state index contributed by atoms with van der Waals surface area (Å²) in [5, 5.41) is 11.9. The fraction of sp³-hybridized carbons (Fsp3) is 0.500. The highest BCUT2D eigenvalue weighted by molar-refractivity contribution is 6.04. The van der Waals surface area contributed by atoms with Gasteiger partial charge in [-0.2, -0.15) is 5.26 Å². The van der Waals surface area contributed by atoms with E-state index in [1.807, 2.05) is 0 Å². The van der Waals surface area contributed by atoms with Gasteiger partial charge in [-0.15, -0.1) is 0 Å². The quantitative estimate of drug-likeness (QED) is 0.884. The molecule has 2 heterocycles. The smallest absolute Gasteiger partial charge is 0.255 e. The van der Waals surface area contributed by atoms with Crippen molar-refractivity contribution in [2.75, 3.05) is 0 Å². The molecule has 2 aromatic rings. The van der Waals surface area contributed by atoms with E-state index in [4.69, 9.17) is 5.26 Å². The first-order chi connectivity index (χ1) is 10.8. The van der Waals surface area contributed by atoms with Crippen LogP contribution in [0.2, 0.25) is 0 Å². The molecule has 2 aromatic heterocycles. The molecular weight excluding hydrogens is 278 g/mol. The van der Waals surface area contributed by atoms with E-state index in [0.29, 0.717) is 35.0 Å².